The highest BCUT2D eigenvalue weighted by molar-refractivity contribution is 6.20. The smallest absolute Gasteiger partial charge is 0.385 e. The van der Waals surface area contributed by atoms with Crippen LogP contribution >= 0.6 is 11.6 Å². The van der Waals surface area contributed by atoms with Gasteiger partial charge < -0.3 is 10.2 Å². The monoisotopic (exact) mass is 538 g/mol. The fraction of sp³-hybridized carbons (Fsp3) is 0.696. The van der Waals surface area contributed by atoms with Crippen LogP contribution in [0.2, 0.25) is 0 Å². The largest absolute Gasteiger partial charge is 0.416 e. The molecule has 13 heteroatoms. The number of halogens is 7. The van der Waals surface area contributed by atoms with Gasteiger partial charge >= 0.3 is 12.4 Å². The third-order valence-electron chi connectivity index (χ3n) is 7.20. The standard InChI is InChI=1S/C23H29ClF6N6/c1-12-7-17-18(5-4-6-31-20(17)13(2)19(12)23(28,29)30)36(21-32-34-35(3)33-21)11-14-8-15(22(25,26)27)10-16(24)9-14/h7,14-16,18,31H,4-6,8-11H2,1-3H3/t14?,15?,16?,18-/m0/s1. The lowest BCUT2D eigenvalue weighted by Gasteiger charge is -2.39. The lowest BCUT2D eigenvalue weighted by molar-refractivity contribution is -0.185. The first kappa shape index (κ1) is 26.8. The predicted octanol–water partition coefficient (Wildman–Crippen LogP) is 6.19. The second kappa shape index (κ2) is 9.90. The number of rotatable bonds is 4. The van der Waals surface area contributed by atoms with Crippen molar-refractivity contribution in [1.82, 2.24) is 20.2 Å². The Morgan fingerprint density at radius 1 is 1.14 bits per heavy atom. The SMILES string of the molecule is Cc1cc2c(c(C)c1C(F)(F)F)NCCC[C@@H]2N(CC1CC(Cl)CC(C(F)(F)F)C1)c1nnn(C)n1. The molecule has 0 saturated heterocycles. The molecule has 4 rings (SSSR count). The molecule has 3 unspecified atom stereocenters. The van der Waals surface area contributed by atoms with Gasteiger partial charge in [0.1, 0.15) is 0 Å². The Morgan fingerprint density at radius 3 is 2.47 bits per heavy atom. The molecule has 0 spiro atoms. The van der Waals surface area contributed by atoms with E-state index in [-0.39, 0.29) is 36.5 Å². The Bertz CT molecular complexity index is 1080. The maximum Gasteiger partial charge on any atom is 0.416 e. The van der Waals surface area contributed by atoms with E-state index in [1.807, 2.05) is 0 Å². The second-order valence-electron chi connectivity index (χ2n) is 9.88. The van der Waals surface area contributed by atoms with Crippen LogP contribution in [0.15, 0.2) is 6.07 Å². The zero-order valence-electron chi connectivity index (χ0n) is 20.2. The molecule has 6 nitrogen and oxygen atoms in total. The summed E-state index contributed by atoms with van der Waals surface area (Å²) in [6.45, 7) is 3.53. The highest BCUT2D eigenvalue weighted by atomic mass is 35.5. The van der Waals surface area contributed by atoms with E-state index in [9.17, 15) is 26.3 Å². The van der Waals surface area contributed by atoms with Crippen molar-refractivity contribution in [3.05, 3.63) is 28.3 Å². The van der Waals surface area contributed by atoms with Gasteiger partial charge in [0.05, 0.1) is 24.6 Å². The van der Waals surface area contributed by atoms with Crippen molar-refractivity contribution in [2.75, 3.05) is 23.3 Å². The molecule has 1 N–H and O–H groups in total. The number of anilines is 2. The van der Waals surface area contributed by atoms with Crippen LogP contribution in [0.25, 0.3) is 0 Å². The zero-order chi connectivity index (χ0) is 26.4. The van der Waals surface area contributed by atoms with Crippen LogP contribution in [-0.2, 0) is 13.2 Å². The van der Waals surface area contributed by atoms with Crippen LogP contribution in [0.1, 0.15) is 60.4 Å². The van der Waals surface area contributed by atoms with Crippen LogP contribution in [0.4, 0.5) is 38.0 Å². The van der Waals surface area contributed by atoms with Crippen molar-refractivity contribution < 1.29 is 26.3 Å². The molecule has 4 atom stereocenters. The van der Waals surface area contributed by atoms with Gasteiger partial charge in [0.15, 0.2) is 0 Å². The van der Waals surface area contributed by atoms with Gasteiger partial charge in [0.25, 0.3) is 5.95 Å². The number of alkyl halides is 7. The Balaban J connectivity index is 1.76. The number of aromatic nitrogens is 4. The molecule has 36 heavy (non-hydrogen) atoms. The highest BCUT2D eigenvalue weighted by Crippen LogP contribution is 2.46. The van der Waals surface area contributed by atoms with Crippen LogP contribution in [0, 0.1) is 25.7 Å². The van der Waals surface area contributed by atoms with E-state index in [4.69, 9.17) is 11.6 Å². The van der Waals surface area contributed by atoms with Crippen LogP contribution in [0.3, 0.4) is 0 Å². The van der Waals surface area contributed by atoms with Crippen LogP contribution in [-0.4, -0.2) is 44.9 Å². The molecule has 1 aliphatic heterocycles. The molecule has 1 fully saturated rings. The number of aryl methyl sites for hydroxylation is 2. The molecule has 0 amide bonds. The fourth-order valence-electron chi connectivity index (χ4n) is 5.73. The van der Waals surface area contributed by atoms with Crippen molar-refractivity contribution >= 4 is 23.2 Å². The molecule has 0 radical (unpaired) electrons. The third-order valence-corrected chi connectivity index (χ3v) is 7.56. The van der Waals surface area contributed by atoms with E-state index in [2.05, 4.69) is 20.7 Å². The normalized spacial score (nSPS) is 25.2. The predicted molar refractivity (Wildman–Crippen MR) is 124 cm³/mol. The first-order valence-electron chi connectivity index (χ1n) is 11.9. The van der Waals surface area contributed by atoms with E-state index in [1.165, 1.54) is 24.7 Å². The molecule has 0 bridgehead atoms. The van der Waals surface area contributed by atoms with E-state index in [0.717, 1.165) is 0 Å². The summed E-state index contributed by atoms with van der Waals surface area (Å²) in [7, 11) is 1.58. The van der Waals surface area contributed by atoms with Crippen LogP contribution in [0.5, 0.6) is 0 Å². The topological polar surface area (TPSA) is 58.9 Å². The summed E-state index contributed by atoms with van der Waals surface area (Å²) in [5.74, 6) is -1.67. The average Bonchev–Trinajstić information content (AvgIpc) is 3.06. The Hall–Kier alpha value is -2.24. The molecule has 1 aromatic carbocycles. The fourth-order valence-corrected chi connectivity index (χ4v) is 6.20. The zero-order valence-corrected chi connectivity index (χ0v) is 21.0. The Kier molecular flexibility index (Phi) is 7.38. The van der Waals surface area contributed by atoms with Crippen molar-refractivity contribution in [3.8, 4) is 0 Å². The van der Waals surface area contributed by atoms with Crippen LogP contribution < -0.4 is 10.2 Å². The van der Waals surface area contributed by atoms with Crippen molar-refractivity contribution in [3.63, 3.8) is 0 Å². The average molecular weight is 539 g/mol. The van der Waals surface area contributed by atoms with Crippen molar-refractivity contribution in [1.29, 1.82) is 0 Å². The van der Waals surface area contributed by atoms with E-state index in [0.29, 0.717) is 37.1 Å². The van der Waals surface area contributed by atoms with Gasteiger partial charge in [-0.3, -0.25) is 0 Å². The van der Waals surface area contributed by atoms with Gasteiger partial charge in [0.2, 0.25) is 0 Å². The molecule has 1 aromatic heterocycles. The Morgan fingerprint density at radius 2 is 1.86 bits per heavy atom. The quantitative estimate of drug-likeness (QED) is 0.372. The van der Waals surface area contributed by atoms with E-state index >= 15 is 0 Å². The summed E-state index contributed by atoms with van der Waals surface area (Å²) >= 11 is 6.26. The molecule has 2 aliphatic rings. The summed E-state index contributed by atoms with van der Waals surface area (Å²) in [6, 6.07) is 1.08. The lowest BCUT2D eigenvalue weighted by atomic mass is 9.80. The number of tetrazole rings is 1. The highest BCUT2D eigenvalue weighted by Gasteiger charge is 2.45. The number of benzene rings is 1. The van der Waals surface area contributed by atoms with Gasteiger partial charge in [-0.25, -0.2) is 0 Å². The number of fused-ring (bicyclic) bond motifs is 1. The minimum atomic E-state index is -4.51. The summed E-state index contributed by atoms with van der Waals surface area (Å²) in [5.41, 5.74) is 0.566. The number of hydrogen-bond acceptors (Lipinski definition) is 5. The van der Waals surface area contributed by atoms with Gasteiger partial charge in [-0.2, -0.15) is 31.1 Å². The number of nitrogens with zero attached hydrogens (tertiary/aromatic N) is 5. The second-order valence-corrected chi connectivity index (χ2v) is 10.5. The minimum absolute atomic E-state index is 0.0770. The third kappa shape index (κ3) is 5.52. The molecular formula is C23H29ClF6N6. The molecule has 1 aliphatic carbocycles. The van der Waals surface area contributed by atoms with Crippen molar-refractivity contribution in [2.24, 2.45) is 18.9 Å². The maximum atomic E-state index is 13.8. The summed E-state index contributed by atoms with van der Waals surface area (Å²) in [4.78, 5) is 3.06. The number of nitrogens with one attached hydrogen (secondary N) is 1. The molecule has 1 saturated carbocycles. The Labute approximate surface area is 210 Å². The molecular weight excluding hydrogens is 510 g/mol. The molecule has 2 aromatic rings. The number of hydrogen-bond donors (Lipinski definition) is 1. The van der Waals surface area contributed by atoms with E-state index < -0.39 is 41.2 Å². The van der Waals surface area contributed by atoms with E-state index in [1.54, 1.807) is 11.9 Å². The molecule has 2 heterocycles. The lowest BCUT2D eigenvalue weighted by Crippen LogP contribution is -2.40. The van der Waals surface area contributed by atoms with Gasteiger partial charge in [-0.05, 0) is 73.8 Å². The maximum absolute atomic E-state index is 13.8. The van der Waals surface area contributed by atoms with Gasteiger partial charge in [-0.1, -0.05) is 11.2 Å². The minimum Gasteiger partial charge on any atom is -0.385 e. The first-order chi connectivity index (χ1) is 16.8. The summed E-state index contributed by atoms with van der Waals surface area (Å²) in [6.07, 6.45) is -7.46. The first-order valence-corrected chi connectivity index (χ1v) is 12.4. The van der Waals surface area contributed by atoms with Crippen molar-refractivity contribution in [2.45, 2.75) is 69.7 Å². The summed E-state index contributed by atoms with van der Waals surface area (Å²) in [5, 5.41) is 14.9. The van der Waals surface area contributed by atoms with Gasteiger partial charge in [0, 0.05) is 24.2 Å². The van der Waals surface area contributed by atoms with Gasteiger partial charge in [-0.15, -0.1) is 16.7 Å². The molecule has 200 valence electrons. The summed E-state index contributed by atoms with van der Waals surface area (Å²) < 4.78 is 82.1.